The molecule has 1 aliphatic rings. The van der Waals surface area contributed by atoms with Gasteiger partial charge in [0.25, 0.3) is 0 Å². The molecule has 3 heteroatoms. The molecule has 1 aromatic carbocycles. The first kappa shape index (κ1) is 9.16. The largest absolute Gasteiger partial charge is 0.307 e. The Morgan fingerprint density at radius 2 is 2.31 bits per heavy atom. The van der Waals surface area contributed by atoms with Crippen LogP contribution in [0.15, 0.2) is 22.7 Å². The Morgan fingerprint density at radius 3 is 3.08 bits per heavy atom. The predicted octanol–water partition coefficient (Wildman–Crippen LogP) is 2.43. The Morgan fingerprint density at radius 1 is 1.46 bits per heavy atom. The van der Waals surface area contributed by atoms with Crippen LogP contribution < -0.4 is 5.32 Å². The lowest BCUT2D eigenvalue weighted by atomic mass is 9.97. The maximum atomic E-state index is 12.4. The first-order valence-electron chi connectivity index (χ1n) is 4.36. The van der Waals surface area contributed by atoms with Crippen LogP contribution in [0.25, 0.3) is 0 Å². The Labute approximate surface area is 85.5 Å². The second-order valence-corrected chi connectivity index (χ2v) is 4.26. The minimum atomic E-state index is -0.286. The molecule has 0 saturated carbocycles. The van der Waals surface area contributed by atoms with Gasteiger partial charge in [-0.2, -0.15) is 0 Å². The van der Waals surface area contributed by atoms with Crippen LogP contribution in [0.2, 0.25) is 0 Å². The first-order chi connectivity index (χ1) is 6.29. The lowest BCUT2D eigenvalue weighted by Crippen LogP contribution is -2.37. The Kier molecular flexibility index (Phi) is 2.65. The van der Waals surface area contributed by atoms with Crippen LogP contribution >= 0.6 is 15.9 Å². The molecular formula is C10H11BrFN. The molecule has 70 valence electrons. The van der Waals surface area contributed by atoms with Gasteiger partial charge < -0.3 is 5.32 Å². The molecule has 1 nitrogen and oxygen atoms in total. The van der Waals surface area contributed by atoms with Crippen molar-refractivity contribution < 1.29 is 4.39 Å². The molecule has 0 fully saturated rings. The minimum Gasteiger partial charge on any atom is -0.307 e. The Hall–Kier alpha value is -0.410. The zero-order valence-corrected chi connectivity index (χ0v) is 8.77. The van der Waals surface area contributed by atoms with Gasteiger partial charge in [0.15, 0.2) is 0 Å². The van der Waals surface area contributed by atoms with Gasteiger partial charge in [0.1, 0.15) is 6.67 Å². The Balaban J connectivity index is 2.27. The van der Waals surface area contributed by atoms with Crippen LogP contribution in [0.4, 0.5) is 4.39 Å². The second-order valence-electron chi connectivity index (χ2n) is 3.35. The van der Waals surface area contributed by atoms with E-state index in [-0.39, 0.29) is 12.7 Å². The topological polar surface area (TPSA) is 12.0 Å². The van der Waals surface area contributed by atoms with Crippen LogP contribution in [0.3, 0.4) is 0 Å². The lowest BCUT2D eigenvalue weighted by Gasteiger charge is -2.23. The number of benzene rings is 1. The van der Waals surface area contributed by atoms with Crippen LogP contribution in [0, 0.1) is 0 Å². The molecule has 0 spiro atoms. The summed E-state index contributed by atoms with van der Waals surface area (Å²) in [7, 11) is 0. The van der Waals surface area contributed by atoms with Gasteiger partial charge in [-0.25, -0.2) is 4.39 Å². The van der Waals surface area contributed by atoms with Gasteiger partial charge in [-0.3, -0.25) is 0 Å². The molecule has 0 radical (unpaired) electrons. The van der Waals surface area contributed by atoms with Gasteiger partial charge in [0.05, 0.1) is 0 Å². The quantitative estimate of drug-likeness (QED) is 0.800. The van der Waals surface area contributed by atoms with E-state index >= 15 is 0 Å². The van der Waals surface area contributed by atoms with Crippen LogP contribution in [0.1, 0.15) is 11.1 Å². The van der Waals surface area contributed by atoms with E-state index in [0.717, 1.165) is 17.4 Å². The molecule has 0 amide bonds. The molecule has 13 heavy (non-hydrogen) atoms. The van der Waals surface area contributed by atoms with Gasteiger partial charge in [0.2, 0.25) is 0 Å². The zero-order chi connectivity index (χ0) is 9.26. The van der Waals surface area contributed by atoms with E-state index < -0.39 is 0 Å². The first-order valence-corrected chi connectivity index (χ1v) is 5.15. The van der Waals surface area contributed by atoms with Gasteiger partial charge in [0, 0.05) is 17.1 Å². The van der Waals surface area contributed by atoms with Crippen molar-refractivity contribution in [1.82, 2.24) is 5.32 Å². The fraction of sp³-hybridized carbons (Fsp3) is 0.400. The van der Waals surface area contributed by atoms with Crippen molar-refractivity contribution in [3.8, 4) is 0 Å². The highest BCUT2D eigenvalue weighted by Crippen LogP contribution is 2.21. The standard InChI is InChI=1S/C10H11BrFN/c11-9-2-1-7-6-13-10(5-12)4-8(7)3-9/h1-3,10,13H,4-6H2. The maximum absolute atomic E-state index is 12.4. The second kappa shape index (κ2) is 3.76. The average Bonchev–Trinajstić information content (AvgIpc) is 2.16. The number of hydrogen-bond donors (Lipinski definition) is 1. The third kappa shape index (κ3) is 1.92. The summed E-state index contributed by atoms with van der Waals surface area (Å²) in [4.78, 5) is 0. The summed E-state index contributed by atoms with van der Waals surface area (Å²) in [6.45, 7) is 0.503. The number of nitrogens with one attached hydrogen (secondary N) is 1. The zero-order valence-electron chi connectivity index (χ0n) is 7.19. The van der Waals surface area contributed by atoms with Gasteiger partial charge in [-0.15, -0.1) is 0 Å². The monoisotopic (exact) mass is 243 g/mol. The third-order valence-corrected chi connectivity index (χ3v) is 2.90. The van der Waals surface area contributed by atoms with E-state index in [1.54, 1.807) is 0 Å². The predicted molar refractivity (Wildman–Crippen MR) is 54.4 cm³/mol. The third-order valence-electron chi connectivity index (χ3n) is 2.40. The fourth-order valence-electron chi connectivity index (χ4n) is 1.66. The summed E-state index contributed by atoms with van der Waals surface area (Å²) in [5, 5.41) is 3.15. The molecule has 1 aliphatic heterocycles. The number of alkyl halides is 1. The summed E-state index contributed by atoms with van der Waals surface area (Å²) in [5.74, 6) is 0. The maximum Gasteiger partial charge on any atom is 0.105 e. The SMILES string of the molecule is FCC1Cc2cc(Br)ccc2CN1. The van der Waals surface area contributed by atoms with Crippen molar-refractivity contribution in [1.29, 1.82) is 0 Å². The highest BCUT2D eigenvalue weighted by atomic mass is 79.9. The summed E-state index contributed by atoms with van der Waals surface area (Å²) >= 11 is 3.42. The number of hydrogen-bond acceptors (Lipinski definition) is 1. The normalized spacial score (nSPS) is 21.2. The summed E-state index contributed by atoms with van der Waals surface area (Å²) in [6, 6.07) is 6.19. The molecule has 1 N–H and O–H groups in total. The average molecular weight is 244 g/mol. The van der Waals surface area contributed by atoms with Gasteiger partial charge in [-0.05, 0) is 29.7 Å². The fourth-order valence-corrected chi connectivity index (χ4v) is 2.07. The molecule has 2 rings (SSSR count). The van der Waals surface area contributed by atoms with Crippen molar-refractivity contribution in [2.24, 2.45) is 0 Å². The van der Waals surface area contributed by atoms with Gasteiger partial charge >= 0.3 is 0 Å². The van der Waals surface area contributed by atoms with E-state index in [9.17, 15) is 4.39 Å². The molecule has 0 aliphatic carbocycles. The number of rotatable bonds is 1. The van der Waals surface area contributed by atoms with E-state index in [1.807, 2.05) is 6.07 Å². The lowest BCUT2D eigenvalue weighted by molar-refractivity contribution is 0.359. The number of fused-ring (bicyclic) bond motifs is 1. The van der Waals surface area contributed by atoms with Crippen LogP contribution in [-0.2, 0) is 13.0 Å². The minimum absolute atomic E-state index is 0.00167. The molecule has 0 saturated heterocycles. The highest BCUT2D eigenvalue weighted by Gasteiger charge is 2.17. The summed E-state index contributed by atoms with van der Waals surface area (Å²) < 4.78 is 13.5. The van der Waals surface area contributed by atoms with Crippen molar-refractivity contribution in [2.75, 3.05) is 6.67 Å². The van der Waals surface area contributed by atoms with E-state index in [0.29, 0.717) is 0 Å². The molecule has 1 unspecified atom stereocenters. The molecule has 1 aromatic rings. The molecule has 1 heterocycles. The van der Waals surface area contributed by atoms with E-state index in [2.05, 4.69) is 33.4 Å². The van der Waals surface area contributed by atoms with E-state index in [4.69, 9.17) is 0 Å². The molecular weight excluding hydrogens is 233 g/mol. The van der Waals surface area contributed by atoms with Crippen molar-refractivity contribution in [2.45, 2.75) is 19.0 Å². The van der Waals surface area contributed by atoms with Crippen molar-refractivity contribution >= 4 is 15.9 Å². The van der Waals surface area contributed by atoms with Gasteiger partial charge in [-0.1, -0.05) is 22.0 Å². The molecule has 1 atom stereocenters. The van der Waals surface area contributed by atoms with Crippen molar-refractivity contribution in [3.05, 3.63) is 33.8 Å². The Bertz CT molecular complexity index is 314. The number of halogens is 2. The van der Waals surface area contributed by atoms with Crippen LogP contribution in [-0.4, -0.2) is 12.7 Å². The summed E-state index contributed by atoms with van der Waals surface area (Å²) in [6.07, 6.45) is 0.797. The molecule has 0 aromatic heterocycles. The van der Waals surface area contributed by atoms with Crippen LogP contribution in [0.5, 0.6) is 0 Å². The summed E-state index contributed by atoms with van der Waals surface area (Å²) in [5.41, 5.74) is 2.55. The van der Waals surface area contributed by atoms with E-state index in [1.165, 1.54) is 11.1 Å². The highest BCUT2D eigenvalue weighted by molar-refractivity contribution is 9.10. The molecule has 0 bridgehead atoms. The smallest absolute Gasteiger partial charge is 0.105 e. The van der Waals surface area contributed by atoms with Crippen molar-refractivity contribution in [3.63, 3.8) is 0 Å².